The topological polar surface area (TPSA) is 30.5 Å². The van der Waals surface area contributed by atoms with Gasteiger partial charge in [0.15, 0.2) is 0 Å². The van der Waals surface area contributed by atoms with Crippen molar-refractivity contribution in [2.45, 2.75) is 26.6 Å². The lowest BCUT2D eigenvalue weighted by Crippen LogP contribution is -2.23. The lowest BCUT2D eigenvalue weighted by Gasteiger charge is -2.18. The standard InChI is InChI=1S/C23H25NO2/c1-18-9-6-7-14-23(18)26-19(2)16-24-21-12-8-13-22(15-21)25-17-20-10-4-3-5-11-20/h3-15,19,24H,16-17H2,1-2H3. The van der Waals surface area contributed by atoms with Gasteiger partial charge in [0, 0.05) is 11.8 Å². The molecule has 3 heteroatoms. The average molecular weight is 347 g/mol. The maximum atomic E-state index is 6.01. The van der Waals surface area contributed by atoms with E-state index in [9.17, 15) is 0 Å². The van der Waals surface area contributed by atoms with Crippen molar-refractivity contribution >= 4 is 5.69 Å². The van der Waals surface area contributed by atoms with Crippen LogP contribution in [-0.2, 0) is 6.61 Å². The first-order valence-corrected chi connectivity index (χ1v) is 8.93. The minimum Gasteiger partial charge on any atom is -0.489 e. The van der Waals surface area contributed by atoms with Crippen LogP contribution >= 0.6 is 0 Å². The summed E-state index contributed by atoms with van der Waals surface area (Å²) in [5, 5.41) is 3.42. The van der Waals surface area contributed by atoms with Crippen LogP contribution in [0, 0.1) is 6.92 Å². The second-order valence-corrected chi connectivity index (χ2v) is 6.38. The Morgan fingerprint density at radius 2 is 1.65 bits per heavy atom. The summed E-state index contributed by atoms with van der Waals surface area (Å²) in [6.07, 6.45) is 0.0602. The number of para-hydroxylation sites is 1. The van der Waals surface area contributed by atoms with Crippen LogP contribution in [0.3, 0.4) is 0 Å². The fourth-order valence-corrected chi connectivity index (χ4v) is 2.65. The summed E-state index contributed by atoms with van der Waals surface area (Å²) in [4.78, 5) is 0. The van der Waals surface area contributed by atoms with Crippen LogP contribution in [0.2, 0.25) is 0 Å². The van der Waals surface area contributed by atoms with Crippen molar-refractivity contribution in [3.05, 3.63) is 90.0 Å². The molecular weight excluding hydrogens is 322 g/mol. The molecule has 134 valence electrons. The zero-order valence-electron chi connectivity index (χ0n) is 15.3. The van der Waals surface area contributed by atoms with Crippen LogP contribution in [0.1, 0.15) is 18.1 Å². The zero-order chi connectivity index (χ0) is 18.2. The molecule has 0 aliphatic heterocycles. The van der Waals surface area contributed by atoms with Gasteiger partial charge in [0.25, 0.3) is 0 Å². The summed E-state index contributed by atoms with van der Waals surface area (Å²) in [5.41, 5.74) is 3.33. The Bertz CT molecular complexity index is 817. The van der Waals surface area contributed by atoms with Gasteiger partial charge in [0.1, 0.15) is 24.2 Å². The summed E-state index contributed by atoms with van der Waals surface area (Å²) in [7, 11) is 0. The van der Waals surface area contributed by atoms with Gasteiger partial charge in [-0.1, -0.05) is 54.6 Å². The number of rotatable bonds is 8. The maximum absolute atomic E-state index is 6.01. The molecule has 3 rings (SSSR count). The van der Waals surface area contributed by atoms with E-state index in [1.807, 2.05) is 60.7 Å². The normalized spacial score (nSPS) is 11.6. The van der Waals surface area contributed by atoms with Gasteiger partial charge in [-0.05, 0) is 43.2 Å². The predicted octanol–water partition coefficient (Wildman–Crippen LogP) is 5.45. The molecule has 0 aliphatic carbocycles. The van der Waals surface area contributed by atoms with E-state index >= 15 is 0 Å². The number of anilines is 1. The van der Waals surface area contributed by atoms with Gasteiger partial charge >= 0.3 is 0 Å². The number of hydrogen-bond acceptors (Lipinski definition) is 3. The number of nitrogens with one attached hydrogen (secondary N) is 1. The van der Waals surface area contributed by atoms with E-state index in [1.54, 1.807) is 0 Å². The first-order chi connectivity index (χ1) is 12.7. The van der Waals surface area contributed by atoms with Crippen LogP contribution < -0.4 is 14.8 Å². The summed E-state index contributed by atoms with van der Waals surface area (Å²) in [5.74, 6) is 1.79. The van der Waals surface area contributed by atoms with E-state index < -0.39 is 0 Å². The fourth-order valence-electron chi connectivity index (χ4n) is 2.65. The molecule has 0 saturated heterocycles. The van der Waals surface area contributed by atoms with Crippen molar-refractivity contribution in [3.63, 3.8) is 0 Å². The number of benzene rings is 3. The van der Waals surface area contributed by atoms with Crippen molar-refractivity contribution < 1.29 is 9.47 Å². The van der Waals surface area contributed by atoms with Crippen LogP contribution in [0.5, 0.6) is 11.5 Å². The van der Waals surface area contributed by atoms with Crippen molar-refractivity contribution in [2.24, 2.45) is 0 Å². The molecule has 0 aromatic heterocycles. The fraction of sp³-hybridized carbons (Fsp3) is 0.217. The molecule has 0 spiro atoms. The first kappa shape index (κ1) is 17.9. The van der Waals surface area contributed by atoms with Gasteiger partial charge in [-0.15, -0.1) is 0 Å². The molecule has 3 nitrogen and oxygen atoms in total. The lowest BCUT2D eigenvalue weighted by atomic mass is 10.2. The summed E-state index contributed by atoms with van der Waals surface area (Å²) in [6, 6.07) is 26.3. The van der Waals surface area contributed by atoms with E-state index in [0.717, 1.165) is 34.9 Å². The Balaban J connectivity index is 1.51. The Morgan fingerprint density at radius 1 is 0.885 bits per heavy atom. The monoisotopic (exact) mass is 347 g/mol. The Hall–Kier alpha value is -2.94. The van der Waals surface area contributed by atoms with Gasteiger partial charge in [-0.25, -0.2) is 0 Å². The lowest BCUT2D eigenvalue weighted by molar-refractivity contribution is 0.233. The second-order valence-electron chi connectivity index (χ2n) is 6.38. The molecule has 0 amide bonds. The average Bonchev–Trinajstić information content (AvgIpc) is 2.68. The SMILES string of the molecule is Cc1ccccc1OC(C)CNc1cccc(OCc2ccccc2)c1. The highest BCUT2D eigenvalue weighted by Gasteiger charge is 2.06. The van der Waals surface area contributed by atoms with E-state index in [4.69, 9.17) is 9.47 Å². The summed E-state index contributed by atoms with van der Waals surface area (Å²) >= 11 is 0. The Labute approximate surface area is 155 Å². The minimum absolute atomic E-state index is 0.0602. The third-order valence-electron chi connectivity index (χ3n) is 4.10. The van der Waals surface area contributed by atoms with Crippen LogP contribution in [0.4, 0.5) is 5.69 Å². The van der Waals surface area contributed by atoms with Crippen LogP contribution in [-0.4, -0.2) is 12.6 Å². The molecule has 0 radical (unpaired) electrons. The molecule has 1 N–H and O–H groups in total. The Kier molecular flexibility index (Phi) is 6.15. The molecule has 0 fully saturated rings. The van der Waals surface area contributed by atoms with E-state index in [0.29, 0.717) is 6.61 Å². The molecule has 3 aromatic rings. The van der Waals surface area contributed by atoms with E-state index in [2.05, 4.69) is 37.4 Å². The highest BCUT2D eigenvalue weighted by atomic mass is 16.5. The van der Waals surface area contributed by atoms with Crippen molar-refractivity contribution in [3.8, 4) is 11.5 Å². The zero-order valence-corrected chi connectivity index (χ0v) is 15.3. The maximum Gasteiger partial charge on any atom is 0.122 e. The minimum atomic E-state index is 0.0602. The van der Waals surface area contributed by atoms with Gasteiger partial charge in [-0.2, -0.15) is 0 Å². The molecule has 26 heavy (non-hydrogen) atoms. The largest absolute Gasteiger partial charge is 0.489 e. The van der Waals surface area contributed by atoms with Crippen molar-refractivity contribution in [1.82, 2.24) is 0 Å². The molecule has 1 unspecified atom stereocenters. The van der Waals surface area contributed by atoms with Crippen LogP contribution in [0.25, 0.3) is 0 Å². The van der Waals surface area contributed by atoms with Gasteiger partial charge in [0.2, 0.25) is 0 Å². The third kappa shape index (κ3) is 5.28. The second kappa shape index (κ2) is 8.95. The molecule has 3 aromatic carbocycles. The molecular formula is C23H25NO2. The van der Waals surface area contributed by atoms with E-state index in [1.165, 1.54) is 0 Å². The molecule has 0 bridgehead atoms. The third-order valence-corrected chi connectivity index (χ3v) is 4.10. The summed E-state index contributed by atoms with van der Waals surface area (Å²) in [6.45, 7) is 5.41. The molecule has 0 aliphatic rings. The highest BCUT2D eigenvalue weighted by molar-refractivity contribution is 5.48. The molecule has 0 heterocycles. The highest BCUT2D eigenvalue weighted by Crippen LogP contribution is 2.20. The Morgan fingerprint density at radius 3 is 2.46 bits per heavy atom. The summed E-state index contributed by atoms with van der Waals surface area (Å²) < 4.78 is 11.9. The number of hydrogen-bond donors (Lipinski definition) is 1. The first-order valence-electron chi connectivity index (χ1n) is 8.93. The van der Waals surface area contributed by atoms with Crippen molar-refractivity contribution in [2.75, 3.05) is 11.9 Å². The smallest absolute Gasteiger partial charge is 0.122 e. The molecule has 1 atom stereocenters. The molecule has 0 saturated carbocycles. The van der Waals surface area contributed by atoms with Gasteiger partial charge in [-0.3, -0.25) is 0 Å². The van der Waals surface area contributed by atoms with Crippen LogP contribution in [0.15, 0.2) is 78.9 Å². The number of ether oxygens (including phenoxy) is 2. The quantitative estimate of drug-likeness (QED) is 0.587. The predicted molar refractivity (Wildman–Crippen MR) is 107 cm³/mol. The van der Waals surface area contributed by atoms with Gasteiger partial charge in [0.05, 0.1) is 6.54 Å². The van der Waals surface area contributed by atoms with Crippen molar-refractivity contribution in [1.29, 1.82) is 0 Å². The van der Waals surface area contributed by atoms with Gasteiger partial charge < -0.3 is 14.8 Å². The van der Waals surface area contributed by atoms with E-state index in [-0.39, 0.29) is 6.10 Å². The number of aryl methyl sites for hydroxylation is 1.